The van der Waals surface area contributed by atoms with Crippen LogP contribution in [0.2, 0.25) is 0 Å². The Hall–Kier alpha value is -1.56. The van der Waals surface area contributed by atoms with Gasteiger partial charge in [-0.15, -0.1) is 0 Å². The minimum atomic E-state index is -3.04. The van der Waals surface area contributed by atoms with Gasteiger partial charge in [0, 0.05) is 12.1 Å². The van der Waals surface area contributed by atoms with Crippen LogP contribution in [0.25, 0.3) is 11.0 Å². The predicted octanol–water partition coefficient (Wildman–Crippen LogP) is 1.90. The van der Waals surface area contributed by atoms with Crippen LogP contribution in [0.3, 0.4) is 0 Å². The molecular formula is C13H19N3O2S. The lowest BCUT2D eigenvalue weighted by molar-refractivity contribution is 0.579. The molecule has 1 atom stereocenters. The monoisotopic (exact) mass is 281 g/mol. The van der Waals surface area contributed by atoms with Gasteiger partial charge >= 0.3 is 0 Å². The van der Waals surface area contributed by atoms with Crippen molar-refractivity contribution in [3.63, 3.8) is 0 Å². The van der Waals surface area contributed by atoms with Gasteiger partial charge in [-0.3, -0.25) is 0 Å². The lowest BCUT2D eigenvalue weighted by Gasteiger charge is -2.09. The summed E-state index contributed by atoms with van der Waals surface area (Å²) in [5.41, 5.74) is 8.01. The summed E-state index contributed by atoms with van der Waals surface area (Å²) in [6.45, 7) is 3.63. The molecule has 0 aliphatic rings. The Labute approximate surface area is 113 Å². The number of aromatic nitrogens is 2. The second-order valence-corrected chi connectivity index (χ2v) is 7.33. The smallest absolute Gasteiger partial charge is 0.153 e. The number of H-pyrrole nitrogens is 1. The molecule has 0 saturated heterocycles. The molecule has 0 aliphatic carbocycles. The number of hydrogen-bond acceptors (Lipinski definition) is 4. The first-order chi connectivity index (χ1) is 8.92. The molecule has 1 aromatic heterocycles. The third-order valence-electron chi connectivity index (χ3n) is 3.37. The zero-order chi connectivity index (χ0) is 14.0. The highest BCUT2D eigenvalue weighted by Crippen LogP contribution is 2.16. The molecule has 0 radical (unpaired) electrons. The highest BCUT2D eigenvalue weighted by molar-refractivity contribution is 7.92. The summed E-state index contributed by atoms with van der Waals surface area (Å²) in [4.78, 5) is 7.48. The Morgan fingerprint density at radius 1 is 1.42 bits per heavy atom. The molecule has 19 heavy (non-hydrogen) atoms. The lowest BCUT2D eigenvalue weighted by Crippen LogP contribution is -2.21. The van der Waals surface area contributed by atoms with E-state index in [1.165, 1.54) is 0 Å². The van der Waals surface area contributed by atoms with Crippen LogP contribution in [-0.2, 0) is 16.3 Å². The van der Waals surface area contributed by atoms with E-state index in [4.69, 9.17) is 5.73 Å². The Morgan fingerprint density at radius 2 is 2.16 bits per heavy atom. The van der Waals surface area contributed by atoms with Crippen molar-refractivity contribution in [2.24, 2.45) is 0 Å². The van der Waals surface area contributed by atoms with Crippen LogP contribution in [0.4, 0.5) is 5.69 Å². The molecule has 2 rings (SSSR count). The third-order valence-corrected chi connectivity index (χ3v) is 5.70. The summed E-state index contributed by atoms with van der Waals surface area (Å²) in [6.07, 6.45) is 1.04. The minimum absolute atomic E-state index is 0.122. The number of nitrogens with two attached hydrogens (primary N) is 1. The number of aromatic amines is 1. The number of benzene rings is 1. The Bertz CT molecular complexity index is 676. The van der Waals surface area contributed by atoms with Gasteiger partial charge in [0.25, 0.3) is 0 Å². The van der Waals surface area contributed by atoms with E-state index >= 15 is 0 Å². The summed E-state index contributed by atoms with van der Waals surface area (Å²) in [7, 11) is -3.04. The van der Waals surface area contributed by atoms with Gasteiger partial charge < -0.3 is 10.7 Å². The van der Waals surface area contributed by atoms with E-state index in [0.29, 0.717) is 24.4 Å². The number of nitrogens with one attached hydrogen (secondary N) is 1. The first-order valence-electron chi connectivity index (χ1n) is 6.38. The average molecular weight is 281 g/mol. The number of sulfone groups is 1. The van der Waals surface area contributed by atoms with Gasteiger partial charge in [0.1, 0.15) is 5.82 Å². The van der Waals surface area contributed by atoms with Gasteiger partial charge in [0.15, 0.2) is 9.84 Å². The topological polar surface area (TPSA) is 88.8 Å². The fourth-order valence-electron chi connectivity index (χ4n) is 1.89. The maximum Gasteiger partial charge on any atom is 0.153 e. The quantitative estimate of drug-likeness (QED) is 0.819. The van der Waals surface area contributed by atoms with Crippen LogP contribution in [0.1, 0.15) is 26.1 Å². The minimum Gasteiger partial charge on any atom is -0.399 e. The molecule has 0 aliphatic heterocycles. The normalized spacial score (nSPS) is 13.8. The average Bonchev–Trinajstić information content (AvgIpc) is 2.77. The largest absolute Gasteiger partial charge is 0.399 e. The van der Waals surface area contributed by atoms with Crippen LogP contribution < -0.4 is 5.73 Å². The SMILES string of the molecule is CCC(C)S(=O)(=O)CCc1nc2ccc(N)cc2[nH]1. The molecule has 1 aromatic carbocycles. The molecule has 1 unspecified atom stereocenters. The number of nitrogen functional groups attached to an aromatic ring is 1. The van der Waals surface area contributed by atoms with Crippen LogP contribution in [0, 0.1) is 0 Å². The Kier molecular flexibility index (Phi) is 3.80. The number of anilines is 1. The Balaban J connectivity index is 2.14. The van der Waals surface area contributed by atoms with E-state index in [9.17, 15) is 8.42 Å². The molecular weight excluding hydrogens is 262 g/mol. The molecule has 0 bridgehead atoms. The van der Waals surface area contributed by atoms with Crippen molar-refractivity contribution < 1.29 is 8.42 Å². The maximum atomic E-state index is 11.9. The molecule has 3 N–H and O–H groups in total. The molecule has 6 heteroatoms. The van der Waals surface area contributed by atoms with Gasteiger partial charge in [-0.25, -0.2) is 13.4 Å². The molecule has 2 aromatic rings. The molecule has 1 heterocycles. The van der Waals surface area contributed by atoms with E-state index < -0.39 is 9.84 Å². The maximum absolute atomic E-state index is 11.9. The van der Waals surface area contributed by atoms with Crippen LogP contribution >= 0.6 is 0 Å². The van der Waals surface area contributed by atoms with Crippen molar-refractivity contribution in [1.82, 2.24) is 9.97 Å². The van der Waals surface area contributed by atoms with Gasteiger partial charge in [-0.1, -0.05) is 6.92 Å². The third kappa shape index (κ3) is 3.07. The summed E-state index contributed by atoms with van der Waals surface area (Å²) in [5.74, 6) is 0.810. The highest BCUT2D eigenvalue weighted by atomic mass is 32.2. The van der Waals surface area contributed by atoms with Gasteiger partial charge in [0.05, 0.1) is 22.0 Å². The van der Waals surface area contributed by atoms with E-state index in [1.807, 2.05) is 13.0 Å². The molecule has 104 valence electrons. The summed E-state index contributed by atoms with van der Waals surface area (Å²) >= 11 is 0. The van der Waals surface area contributed by atoms with E-state index in [-0.39, 0.29) is 11.0 Å². The van der Waals surface area contributed by atoms with Crippen LogP contribution in [-0.4, -0.2) is 29.4 Å². The first-order valence-corrected chi connectivity index (χ1v) is 8.09. The molecule has 0 amide bonds. The fourth-order valence-corrected chi connectivity index (χ4v) is 3.28. The van der Waals surface area contributed by atoms with Gasteiger partial charge in [-0.2, -0.15) is 0 Å². The number of rotatable bonds is 5. The summed E-state index contributed by atoms with van der Waals surface area (Å²) in [6, 6.07) is 5.41. The van der Waals surface area contributed by atoms with Crippen molar-refractivity contribution in [3.05, 3.63) is 24.0 Å². The van der Waals surface area contributed by atoms with Crippen molar-refractivity contribution in [1.29, 1.82) is 0 Å². The number of fused-ring (bicyclic) bond motifs is 1. The Morgan fingerprint density at radius 3 is 2.84 bits per heavy atom. The van der Waals surface area contributed by atoms with E-state index in [1.54, 1.807) is 19.1 Å². The zero-order valence-electron chi connectivity index (χ0n) is 11.2. The number of nitrogens with zero attached hydrogens (tertiary/aromatic N) is 1. The van der Waals surface area contributed by atoms with Crippen molar-refractivity contribution in [2.75, 3.05) is 11.5 Å². The van der Waals surface area contributed by atoms with Crippen LogP contribution in [0.15, 0.2) is 18.2 Å². The highest BCUT2D eigenvalue weighted by Gasteiger charge is 2.19. The van der Waals surface area contributed by atoms with Crippen molar-refractivity contribution >= 4 is 26.6 Å². The summed E-state index contributed by atoms with van der Waals surface area (Å²) < 4.78 is 23.9. The van der Waals surface area contributed by atoms with E-state index in [2.05, 4.69) is 9.97 Å². The zero-order valence-corrected chi connectivity index (χ0v) is 12.0. The molecule has 0 spiro atoms. The number of hydrogen-bond donors (Lipinski definition) is 2. The van der Waals surface area contributed by atoms with E-state index in [0.717, 1.165) is 11.0 Å². The van der Waals surface area contributed by atoms with Crippen LogP contribution in [0.5, 0.6) is 0 Å². The van der Waals surface area contributed by atoms with Gasteiger partial charge in [0.2, 0.25) is 0 Å². The molecule has 0 saturated carbocycles. The van der Waals surface area contributed by atoms with Gasteiger partial charge in [-0.05, 0) is 31.5 Å². The van der Waals surface area contributed by atoms with Crippen molar-refractivity contribution in [2.45, 2.75) is 31.9 Å². The first kappa shape index (κ1) is 13.9. The molecule has 0 fully saturated rings. The summed E-state index contributed by atoms with van der Waals surface area (Å²) in [5, 5.41) is -0.299. The molecule has 5 nitrogen and oxygen atoms in total. The predicted molar refractivity (Wildman–Crippen MR) is 77.7 cm³/mol. The van der Waals surface area contributed by atoms with Crippen molar-refractivity contribution in [3.8, 4) is 0 Å². The fraction of sp³-hybridized carbons (Fsp3) is 0.462. The number of aryl methyl sites for hydroxylation is 1. The second-order valence-electron chi connectivity index (χ2n) is 4.80. The standard InChI is InChI=1S/C13H19N3O2S/c1-3-9(2)19(17,18)7-6-13-15-11-5-4-10(14)8-12(11)16-13/h4-5,8-9H,3,6-7,14H2,1-2H3,(H,15,16). The number of imidazole rings is 1. The second kappa shape index (κ2) is 5.21. The lowest BCUT2D eigenvalue weighted by atomic mass is 10.3.